The van der Waals surface area contributed by atoms with Crippen molar-refractivity contribution in [3.8, 4) is 0 Å². The van der Waals surface area contributed by atoms with Gasteiger partial charge in [-0.1, -0.05) is 23.2 Å². The van der Waals surface area contributed by atoms with Gasteiger partial charge < -0.3 is 5.32 Å². The van der Waals surface area contributed by atoms with Gasteiger partial charge in [-0.15, -0.1) is 0 Å². The lowest BCUT2D eigenvalue weighted by Gasteiger charge is -2.08. The van der Waals surface area contributed by atoms with Gasteiger partial charge in [0.05, 0.1) is 32.5 Å². The Morgan fingerprint density at radius 2 is 2.00 bits per heavy atom. The Kier molecular flexibility index (Phi) is 3.40. The Bertz CT molecular complexity index is 589. The van der Waals surface area contributed by atoms with Crippen molar-refractivity contribution < 1.29 is 4.92 Å². The van der Waals surface area contributed by atoms with Crippen molar-refractivity contribution >= 4 is 40.3 Å². The zero-order valence-corrected chi connectivity index (χ0v) is 10.7. The van der Waals surface area contributed by atoms with Gasteiger partial charge in [-0.2, -0.15) is 5.10 Å². The smallest absolute Gasteiger partial charge is 0.272 e. The van der Waals surface area contributed by atoms with E-state index in [1.54, 1.807) is 24.1 Å². The quantitative estimate of drug-likeness (QED) is 0.693. The van der Waals surface area contributed by atoms with Gasteiger partial charge in [0.25, 0.3) is 5.69 Å². The Morgan fingerprint density at radius 1 is 1.39 bits per heavy atom. The van der Waals surface area contributed by atoms with Gasteiger partial charge in [0.2, 0.25) is 0 Å². The largest absolute Gasteiger partial charge is 0.351 e. The Morgan fingerprint density at radius 3 is 2.44 bits per heavy atom. The summed E-state index contributed by atoms with van der Waals surface area (Å²) in [6.07, 6.45) is 3.32. The van der Waals surface area contributed by atoms with Gasteiger partial charge in [-0.25, -0.2) is 0 Å². The summed E-state index contributed by atoms with van der Waals surface area (Å²) in [6.45, 7) is 0. The first-order chi connectivity index (χ1) is 8.47. The molecule has 0 atom stereocenters. The van der Waals surface area contributed by atoms with Gasteiger partial charge in [0.15, 0.2) is 0 Å². The summed E-state index contributed by atoms with van der Waals surface area (Å²) in [5.74, 6) is 0. The molecule has 0 spiro atoms. The highest BCUT2D eigenvalue weighted by Gasteiger charge is 2.15. The number of nitrogens with one attached hydrogen (secondary N) is 1. The van der Waals surface area contributed by atoms with Crippen LogP contribution in [-0.2, 0) is 7.05 Å². The van der Waals surface area contributed by atoms with E-state index in [4.69, 9.17) is 23.2 Å². The first-order valence-corrected chi connectivity index (χ1v) is 5.62. The third-order valence-corrected chi connectivity index (χ3v) is 2.81. The van der Waals surface area contributed by atoms with E-state index in [0.29, 0.717) is 11.4 Å². The standard InChI is InChI=1S/C10H8Cl2N4O2/c1-15-5-6(4-13-15)14-10-8(11)2-7(16(17)18)3-9(10)12/h2-5,14H,1H3. The highest BCUT2D eigenvalue weighted by atomic mass is 35.5. The number of hydrogen-bond donors (Lipinski definition) is 1. The van der Waals surface area contributed by atoms with Crippen LogP contribution in [0, 0.1) is 10.1 Å². The molecule has 2 rings (SSSR count). The number of nitro groups is 1. The molecule has 1 heterocycles. The van der Waals surface area contributed by atoms with Gasteiger partial charge >= 0.3 is 0 Å². The number of hydrogen-bond acceptors (Lipinski definition) is 4. The first-order valence-electron chi connectivity index (χ1n) is 4.86. The summed E-state index contributed by atoms with van der Waals surface area (Å²) < 4.78 is 1.61. The average Bonchev–Trinajstić information content (AvgIpc) is 2.69. The zero-order chi connectivity index (χ0) is 13.3. The summed E-state index contributed by atoms with van der Waals surface area (Å²) in [5, 5.41) is 17.9. The molecule has 1 aromatic heterocycles. The number of aryl methyl sites for hydroxylation is 1. The minimum Gasteiger partial charge on any atom is -0.351 e. The van der Waals surface area contributed by atoms with E-state index in [0.717, 1.165) is 0 Å². The molecule has 1 N–H and O–H groups in total. The number of halogens is 2. The lowest BCUT2D eigenvalue weighted by Crippen LogP contribution is -1.94. The predicted octanol–water partition coefficient (Wildman–Crippen LogP) is 3.38. The Balaban J connectivity index is 2.37. The van der Waals surface area contributed by atoms with Gasteiger partial charge in [-0.05, 0) is 0 Å². The fourth-order valence-corrected chi connectivity index (χ4v) is 1.98. The molecule has 0 saturated heterocycles. The van der Waals surface area contributed by atoms with E-state index >= 15 is 0 Å². The second kappa shape index (κ2) is 4.83. The van der Waals surface area contributed by atoms with Crippen molar-refractivity contribution in [3.63, 3.8) is 0 Å². The van der Waals surface area contributed by atoms with E-state index in [1.807, 2.05) is 0 Å². The van der Waals surface area contributed by atoms with Crippen LogP contribution < -0.4 is 5.32 Å². The summed E-state index contributed by atoms with van der Waals surface area (Å²) in [4.78, 5) is 10.1. The van der Waals surface area contributed by atoms with E-state index in [1.165, 1.54) is 12.1 Å². The molecule has 0 radical (unpaired) electrons. The maximum Gasteiger partial charge on any atom is 0.272 e. The SMILES string of the molecule is Cn1cc(Nc2c(Cl)cc([N+](=O)[O-])cc2Cl)cn1. The average molecular weight is 287 g/mol. The molecule has 2 aromatic rings. The van der Waals surface area contributed by atoms with Crippen LogP contribution in [0.1, 0.15) is 0 Å². The van der Waals surface area contributed by atoms with Crippen molar-refractivity contribution in [3.05, 3.63) is 44.7 Å². The van der Waals surface area contributed by atoms with Crippen LogP contribution in [0.2, 0.25) is 10.0 Å². The number of anilines is 2. The Hall–Kier alpha value is -1.79. The Labute approximate surface area is 112 Å². The third-order valence-electron chi connectivity index (χ3n) is 2.21. The summed E-state index contributed by atoms with van der Waals surface area (Å²) in [6, 6.07) is 2.48. The number of benzene rings is 1. The number of rotatable bonds is 3. The van der Waals surface area contributed by atoms with E-state index in [-0.39, 0.29) is 15.7 Å². The minimum absolute atomic E-state index is 0.151. The summed E-state index contributed by atoms with van der Waals surface area (Å²) in [7, 11) is 1.77. The van der Waals surface area contributed by atoms with Gasteiger partial charge in [-0.3, -0.25) is 14.8 Å². The number of non-ortho nitro benzene ring substituents is 1. The van der Waals surface area contributed by atoms with Crippen LogP contribution in [-0.4, -0.2) is 14.7 Å². The van der Waals surface area contributed by atoms with Crippen molar-refractivity contribution in [1.82, 2.24) is 9.78 Å². The van der Waals surface area contributed by atoms with Crippen molar-refractivity contribution in [2.24, 2.45) is 7.05 Å². The second-order valence-corrected chi connectivity index (χ2v) is 4.38. The lowest BCUT2D eigenvalue weighted by atomic mass is 10.2. The molecule has 94 valence electrons. The summed E-state index contributed by atoms with van der Waals surface area (Å²) >= 11 is 11.9. The predicted molar refractivity (Wildman–Crippen MR) is 69.6 cm³/mol. The molecule has 8 heteroatoms. The van der Waals surface area contributed by atoms with Crippen LogP contribution in [0.15, 0.2) is 24.5 Å². The van der Waals surface area contributed by atoms with Crippen molar-refractivity contribution in [2.45, 2.75) is 0 Å². The monoisotopic (exact) mass is 286 g/mol. The fraction of sp³-hybridized carbons (Fsp3) is 0.100. The molecule has 0 unspecified atom stereocenters. The molecule has 0 aliphatic rings. The molecule has 0 amide bonds. The van der Waals surface area contributed by atoms with E-state index < -0.39 is 4.92 Å². The van der Waals surface area contributed by atoms with Crippen molar-refractivity contribution in [2.75, 3.05) is 5.32 Å². The van der Waals surface area contributed by atoms with Crippen LogP contribution in [0.3, 0.4) is 0 Å². The molecule has 6 nitrogen and oxygen atoms in total. The lowest BCUT2D eigenvalue weighted by molar-refractivity contribution is -0.384. The number of aromatic nitrogens is 2. The molecule has 0 saturated carbocycles. The molecule has 0 fully saturated rings. The van der Waals surface area contributed by atoms with Crippen LogP contribution >= 0.6 is 23.2 Å². The van der Waals surface area contributed by atoms with Crippen molar-refractivity contribution in [1.29, 1.82) is 0 Å². The number of nitrogens with zero attached hydrogens (tertiary/aromatic N) is 3. The molecule has 1 aromatic carbocycles. The fourth-order valence-electron chi connectivity index (χ4n) is 1.41. The third kappa shape index (κ3) is 2.55. The molecular weight excluding hydrogens is 279 g/mol. The van der Waals surface area contributed by atoms with Crippen LogP contribution in [0.25, 0.3) is 0 Å². The molecular formula is C10H8Cl2N4O2. The maximum absolute atomic E-state index is 10.6. The molecule has 0 bridgehead atoms. The van der Waals surface area contributed by atoms with Crippen LogP contribution in [0.5, 0.6) is 0 Å². The first kappa shape index (κ1) is 12.7. The second-order valence-electron chi connectivity index (χ2n) is 3.57. The zero-order valence-electron chi connectivity index (χ0n) is 9.22. The number of nitro benzene ring substituents is 1. The van der Waals surface area contributed by atoms with E-state index in [9.17, 15) is 10.1 Å². The van der Waals surface area contributed by atoms with Crippen LogP contribution in [0.4, 0.5) is 17.1 Å². The molecule has 0 aliphatic heterocycles. The van der Waals surface area contributed by atoms with Gasteiger partial charge in [0.1, 0.15) is 0 Å². The minimum atomic E-state index is -0.550. The summed E-state index contributed by atoms with van der Waals surface area (Å²) in [5.41, 5.74) is 0.953. The molecule has 18 heavy (non-hydrogen) atoms. The molecule has 0 aliphatic carbocycles. The van der Waals surface area contributed by atoms with Gasteiger partial charge in [0, 0.05) is 25.4 Å². The maximum atomic E-state index is 10.6. The highest BCUT2D eigenvalue weighted by molar-refractivity contribution is 6.39. The topological polar surface area (TPSA) is 73.0 Å². The van der Waals surface area contributed by atoms with E-state index in [2.05, 4.69) is 10.4 Å². The normalized spacial score (nSPS) is 10.4. The highest BCUT2D eigenvalue weighted by Crippen LogP contribution is 2.36.